The van der Waals surface area contributed by atoms with Crippen molar-refractivity contribution in [2.75, 3.05) is 0 Å². The Kier molecular flexibility index (Phi) is 5.50. The quantitative estimate of drug-likeness (QED) is 0.874. The van der Waals surface area contributed by atoms with E-state index in [2.05, 4.69) is 4.72 Å². The van der Waals surface area contributed by atoms with Crippen molar-refractivity contribution >= 4 is 10.0 Å². The molecule has 5 heteroatoms. The Labute approximate surface area is 115 Å². The van der Waals surface area contributed by atoms with E-state index < -0.39 is 10.0 Å². The van der Waals surface area contributed by atoms with Gasteiger partial charge >= 0.3 is 0 Å². The first-order chi connectivity index (χ1) is 8.71. The zero-order valence-electron chi connectivity index (χ0n) is 11.9. The van der Waals surface area contributed by atoms with Crippen LogP contribution in [-0.4, -0.2) is 14.5 Å². The molecule has 0 atom stereocenters. The van der Waals surface area contributed by atoms with Crippen LogP contribution in [0.15, 0.2) is 24.3 Å². The van der Waals surface area contributed by atoms with Gasteiger partial charge in [-0.1, -0.05) is 39.8 Å². The fourth-order valence-electron chi connectivity index (χ4n) is 2.09. The fourth-order valence-corrected chi connectivity index (χ4v) is 3.76. The van der Waals surface area contributed by atoms with Crippen LogP contribution >= 0.6 is 0 Å². The summed E-state index contributed by atoms with van der Waals surface area (Å²) >= 11 is 0. The Hall–Kier alpha value is -0.940. The van der Waals surface area contributed by atoms with Crippen LogP contribution < -0.4 is 4.72 Å². The smallest absolute Gasteiger partial charge is 0.212 e. The highest BCUT2D eigenvalue weighted by Gasteiger charge is 2.23. The molecule has 3 nitrogen and oxygen atoms in total. The summed E-state index contributed by atoms with van der Waals surface area (Å²) in [4.78, 5) is 0. The summed E-state index contributed by atoms with van der Waals surface area (Å²) in [5.41, 5.74) is 0.583. The number of hydrogen-bond donors (Lipinski definition) is 1. The number of rotatable bonds is 6. The molecule has 0 aliphatic carbocycles. The second kappa shape index (κ2) is 6.48. The van der Waals surface area contributed by atoms with Gasteiger partial charge in [-0.15, -0.1) is 0 Å². The van der Waals surface area contributed by atoms with Crippen LogP contribution in [0.3, 0.4) is 0 Å². The maximum absolute atomic E-state index is 12.8. The first-order valence-electron chi connectivity index (χ1n) is 6.45. The molecule has 0 aliphatic heterocycles. The summed E-state index contributed by atoms with van der Waals surface area (Å²) in [5.74, 6) is -0.0363. The highest BCUT2D eigenvalue weighted by molar-refractivity contribution is 7.88. The molecule has 1 aromatic rings. The minimum absolute atomic E-state index is 0.0922. The number of halogens is 1. The van der Waals surface area contributed by atoms with Crippen molar-refractivity contribution in [3.05, 3.63) is 35.6 Å². The predicted octanol–water partition coefficient (Wildman–Crippen LogP) is 2.93. The summed E-state index contributed by atoms with van der Waals surface area (Å²) in [5, 5.41) is 0. The standard InChI is InChI=1S/C14H22FNO2S/c1-10(2)14(11(3)4)16-19(17,18)9-12-5-7-13(15)8-6-12/h5-8,10-11,14,16H,9H2,1-4H3. The van der Waals surface area contributed by atoms with E-state index >= 15 is 0 Å². The molecule has 0 aliphatic rings. The van der Waals surface area contributed by atoms with Crippen LogP contribution in [0, 0.1) is 17.7 Å². The molecule has 0 fully saturated rings. The van der Waals surface area contributed by atoms with Gasteiger partial charge in [0, 0.05) is 6.04 Å². The largest absolute Gasteiger partial charge is 0.216 e. The van der Waals surface area contributed by atoms with Crippen molar-refractivity contribution in [2.45, 2.75) is 39.5 Å². The summed E-state index contributed by atoms with van der Waals surface area (Å²) in [6.07, 6.45) is 0. The SMILES string of the molecule is CC(C)C(NS(=O)(=O)Cc1ccc(F)cc1)C(C)C. The van der Waals surface area contributed by atoms with Gasteiger partial charge in [0.2, 0.25) is 10.0 Å². The minimum Gasteiger partial charge on any atom is -0.212 e. The predicted molar refractivity (Wildman–Crippen MR) is 75.6 cm³/mol. The molecule has 0 saturated heterocycles. The van der Waals surface area contributed by atoms with Gasteiger partial charge in [0.05, 0.1) is 5.75 Å². The van der Waals surface area contributed by atoms with Crippen LogP contribution in [0.1, 0.15) is 33.3 Å². The second-order valence-corrected chi connectivity index (χ2v) is 7.27. The molecule has 0 amide bonds. The highest BCUT2D eigenvalue weighted by atomic mass is 32.2. The van der Waals surface area contributed by atoms with Crippen molar-refractivity contribution < 1.29 is 12.8 Å². The van der Waals surface area contributed by atoms with Gasteiger partial charge in [-0.2, -0.15) is 0 Å². The third kappa shape index (κ3) is 5.28. The summed E-state index contributed by atoms with van der Waals surface area (Å²) in [7, 11) is -3.41. The van der Waals surface area contributed by atoms with Crippen LogP contribution in [0.25, 0.3) is 0 Å². The third-order valence-corrected chi connectivity index (χ3v) is 4.37. The lowest BCUT2D eigenvalue weighted by atomic mass is 9.94. The Morgan fingerprint density at radius 2 is 1.53 bits per heavy atom. The van der Waals surface area contributed by atoms with Gasteiger partial charge in [-0.3, -0.25) is 0 Å². The minimum atomic E-state index is -3.41. The van der Waals surface area contributed by atoms with E-state index in [4.69, 9.17) is 0 Å². The molecule has 0 aromatic heterocycles. The zero-order chi connectivity index (χ0) is 14.6. The van der Waals surface area contributed by atoms with Crippen LogP contribution in [0.2, 0.25) is 0 Å². The van der Waals surface area contributed by atoms with Crippen LogP contribution in [0.5, 0.6) is 0 Å². The number of nitrogens with one attached hydrogen (secondary N) is 1. The van der Waals surface area contributed by atoms with Gasteiger partial charge < -0.3 is 0 Å². The number of sulfonamides is 1. The molecule has 0 bridgehead atoms. The van der Waals surface area contributed by atoms with Crippen molar-refractivity contribution in [1.82, 2.24) is 4.72 Å². The van der Waals surface area contributed by atoms with Crippen molar-refractivity contribution in [3.8, 4) is 0 Å². The van der Waals surface area contributed by atoms with Gasteiger partial charge in [0.1, 0.15) is 5.82 Å². The van der Waals surface area contributed by atoms with Crippen LogP contribution in [0.4, 0.5) is 4.39 Å². The Morgan fingerprint density at radius 1 is 1.05 bits per heavy atom. The average molecular weight is 287 g/mol. The lowest BCUT2D eigenvalue weighted by Crippen LogP contribution is -2.42. The van der Waals surface area contributed by atoms with E-state index in [1.54, 1.807) is 0 Å². The maximum Gasteiger partial charge on any atom is 0.216 e. The van der Waals surface area contributed by atoms with E-state index in [0.717, 1.165) is 0 Å². The summed E-state index contributed by atoms with van der Waals surface area (Å²) < 4.78 is 39.7. The van der Waals surface area contributed by atoms with E-state index in [1.807, 2.05) is 27.7 Å². The Balaban J connectivity index is 2.78. The first kappa shape index (κ1) is 16.1. The molecule has 0 saturated carbocycles. The highest BCUT2D eigenvalue weighted by Crippen LogP contribution is 2.15. The molecule has 1 N–H and O–H groups in total. The molecule has 0 spiro atoms. The molecule has 108 valence electrons. The van der Waals surface area contributed by atoms with Gasteiger partial charge in [0.15, 0.2) is 0 Å². The van der Waals surface area contributed by atoms with Crippen molar-refractivity contribution in [2.24, 2.45) is 11.8 Å². The normalized spacial score (nSPS) is 12.6. The molecule has 19 heavy (non-hydrogen) atoms. The molecular weight excluding hydrogens is 265 g/mol. The molecule has 0 radical (unpaired) electrons. The summed E-state index contributed by atoms with van der Waals surface area (Å²) in [6.45, 7) is 7.96. The fraction of sp³-hybridized carbons (Fsp3) is 0.571. The monoisotopic (exact) mass is 287 g/mol. The van der Waals surface area contributed by atoms with Gasteiger partial charge in [-0.05, 0) is 29.5 Å². The molecule has 0 heterocycles. The van der Waals surface area contributed by atoms with E-state index in [9.17, 15) is 12.8 Å². The van der Waals surface area contributed by atoms with E-state index in [0.29, 0.717) is 5.56 Å². The molecular formula is C14H22FNO2S. The first-order valence-corrected chi connectivity index (χ1v) is 8.11. The number of benzene rings is 1. The molecule has 1 aromatic carbocycles. The average Bonchev–Trinajstić information content (AvgIpc) is 2.28. The molecule has 1 rings (SSSR count). The Bertz CT molecular complexity index is 487. The lowest BCUT2D eigenvalue weighted by Gasteiger charge is -2.25. The van der Waals surface area contributed by atoms with E-state index in [1.165, 1.54) is 24.3 Å². The topological polar surface area (TPSA) is 46.2 Å². The maximum atomic E-state index is 12.8. The lowest BCUT2D eigenvalue weighted by molar-refractivity contribution is 0.355. The van der Waals surface area contributed by atoms with Gasteiger partial charge in [0.25, 0.3) is 0 Å². The third-order valence-electron chi connectivity index (χ3n) is 3.02. The molecule has 0 unspecified atom stereocenters. The van der Waals surface area contributed by atoms with Crippen molar-refractivity contribution in [3.63, 3.8) is 0 Å². The van der Waals surface area contributed by atoms with Crippen LogP contribution in [-0.2, 0) is 15.8 Å². The zero-order valence-corrected chi connectivity index (χ0v) is 12.7. The van der Waals surface area contributed by atoms with Crippen molar-refractivity contribution in [1.29, 1.82) is 0 Å². The van der Waals surface area contributed by atoms with Gasteiger partial charge in [-0.25, -0.2) is 17.5 Å². The summed E-state index contributed by atoms with van der Waals surface area (Å²) in [6, 6.07) is 5.44. The van der Waals surface area contributed by atoms with E-state index in [-0.39, 0.29) is 29.4 Å². The Morgan fingerprint density at radius 3 is 1.95 bits per heavy atom. The number of hydrogen-bond acceptors (Lipinski definition) is 2. The second-order valence-electron chi connectivity index (χ2n) is 5.52.